The highest BCUT2D eigenvalue weighted by Gasteiger charge is 2.32. The molecule has 1 amide bonds. The molecule has 0 atom stereocenters. The van der Waals surface area contributed by atoms with Crippen LogP contribution in [0.15, 0.2) is 75.0 Å². The molecule has 0 aromatic heterocycles. The van der Waals surface area contributed by atoms with Gasteiger partial charge in [-0.2, -0.15) is 0 Å². The molecular formula is C26H19BrI2N2O4S. The Balaban J connectivity index is 1.56. The van der Waals surface area contributed by atoms with E-state index in [2.05, 4.69) is 66.1 Å². The summed E-state index contributed by atoms with van der Waals surface area (Å²) >= 11 is 9.22. The Morgan fingerprint density at radius 2 is 1.83 bits per heavy atom. The summed E-state index contributed by atoms with van der Waals surface area (Å²) in [5, 5.41) is 9.77. The third-order valence-electron chi connectivity index (χ3n) is 5.14. The summed E-state index contributed by atoms with van der Waals surface area (Å²) in [4.78, 5) is 31.1. The number of nitrogens with zero attached hydrogens (tertiary/aromatic N) is 2. The van der Waals surface area contributed by atoms with Crippen molar-refractivity contribution in [3.63, 3.8) is 0 Å². The molecule has 0 unspecified atom stereocenters. The number of aromatic carboxylic acids is 1. The molecule has 1 heterocycles. The second-order valence-corrected chi connectivity index (χ2v) is 11.9. The maximum atomic E-state index is 13.1. The molecule has 1 fully saturated rings. The molecule has 10 heteroatoms. The van der Waals surface area contributed by atoms with E-state index in [0.29, 0.717) is 28.9 Å². The van der Waals surface area contributed by atoms with Crippen molar-refractivity contribution >= 4 is 102 Å². The van der Waals surface area contributed by atoms with Crippen LogP contribution in [0.5, 0.6) is 5.75 Å². The van der Waals surface area contributed by atoms with Gasteiger partial charge in [0, 0.05) is 11.0 Å². The highest BCUT2D eigenvalue weighted by molar-refractivity contribution is 14.1. The van der Waals surface area contributed by atoms with Crippen LogP contribution in [-0.4, -0.2) is 33.6 Å². The van der Waals surface area contributed by atoms with Crippen LogP contribution in [-0.2, 0) is 11.4 Å². The molecule has 1 N–H and O–H groups in total. The van der Waals surface area contributed by atoms with Crippen molar-refractivity contribution in [2.45, 2.75) is 13.5 Å². The number of hydrogen-bond donors (Lipinski definition) is 1. The second-order valence-electron chi connectivity index (χ2n) is 7.64. The third kappa shape index (κ3) is 6.50. The van der Waals surface area contributed by atoms with Crippen LogP contribution in [0.25, 0.3) is 6.08 Å². The molecule has 1 saturated heterocycles. The largest absolute Gasteiger partial charge is 0.487 e. The minimum absolute atomic E-state index is 0.128. The lowest BCUT2D eigenvalue weighted by Crippen LogP contribution is -2.28. The molecule has 0 saturated carbocycles. The summed E-state index contributed by atoms with van der Waals surface area (Å²) in [5.41, 5.74) is 2.60. The maximum absolute atomic E-state index is 13.1. The molecule has 1 aliphatic rings. The van der Waals surface area contributed by atoms with Gasteiger partial charge in [-0.05, 0) is 124 Å². The zero-order valence-electron chi connectivity index (χ0n) is 18.9. The molecule has 0 radical (unpaired) electrons. The van der Waals surface area contributed by atoms with Gasteiger partial charge in [0.25, 0.3) is 5.91 Å². The number of aliphatic imine (C=N–C) groups is 1. The van der Waals surface area contributed by atoms with Crippen LogP contribution in [0.4, 0.5) is 5.69 Å². The number of carbonyl (C=O) groups is 2. The van der Waals surface area contributed by atoms with E-state index in [0.717, 1.165) is 28.5 Å². The zero-order chi connectivity index (χ0) is 25.8. The lowest BCUT2D eigenvalue weighted by Gasteiger charge is -2.12. The van der Waals surface area contributed by atoms with E-state index in [9.17, 15) is 14.7 Å². The number of amides is 1. The highest BCUT2D eigenvalue weighted by Crippen LogP contribution is 2.36. The van der Waals surface area contributed by atoms with Crippen molar-refractivity contribution in [3.05, 3.63) is 93.9 Å². The number of benzene rings is 3. The fourth-order valence-corrected chi connectivity index (χ4v) is 6.83. The molecular weight excluding hydrogens is 770 g/mol. The maximum Gasteiger partial charge on any atom is 0.335 e. The quantitative estimate of drug-likeness (QED) is 0.198. The molecule has 0 bridgehead atoms. The van der Waals surface area contributed by atoms with Crippen molar-refractivity contribution < 1.29 is 19.4 Å². The summed E-state index contributed by atoms with van der Waals surface area (Å²) in [6.45, 7) is 2.80. The Kier molecular flexibility index (Phi) is 9.12. The van der Waals surface area contributed by atoms with Gasteiger partial charge < -0.3 is 9.84 Å². The Morgan fingerprint density at radius 3 is 2.47 bits per heavy atom. The van der Waals surface area contributed by atoms with Crippen LogP contribution < -0.4 is 4.74 Å². The zero-order valence-corrected chi connectivity index (χ0v) is 25.6. The molecule has 0 spiro atoms. The smallest absolute Gasteiger partial charge is 0.335 e. The van der Waals surface area contributed by atoms with E-state index in [1.54, 1.807) is 17.0 Å². The Hall–Kier alpha value is -1.90. The lowest BCUT2D eigenvalue weighted by atomic mass is 10.2. The van der Waals surface area contributed by atoms with Gasteiger partial charge in [-0.1, -0.05) is 34.1 Å². The van der Waals surface area contributed by atoms with Gasteiger partial charge in [-0.3, -0.25) is 9.69 Å². The van der Waals surface area contributed by atoms with E-state index in [-0.39, 0.29) is 11.5 Å². The van der Waals surface area contributed by atoms with Crippen molar-refractivity contribution in [2.75, 3.05) is 6.54 Å². The van der Waals surface area contributed by atoms with Gasteiger partial charge in [0.2, 0.25) is 0 Å². The molecule has 4 rings (SSSR count). The van der Waals surface area contributed by atoms with Gasteiger partial charge in [0.05, 0.1) is 23.3 Å². The normalized spacial score (nSPS) is 15.7. The fraction of sp³-hybridized carbons (Fsp3) is 0.115. The molecule has 1 aliphatic heterocycles. The standard InChI is InChI=1S/C26H19BrI2N2O4S/c1-2-31-24(32)22(36-26(31)30-19-5-3-4-17(13-19)25(33)34)12-16-10-20(28)23(21(29)11-16)35-14-15-6-8-18(27)9-7-15/h3-13H,2,14H2,1H3,(H,33,34)/b22-12-,30-26?. The van der Waals surface area contributed by atoms with Crippen LogP contribution in [0.2, 0.25) is 0 Å². The summed E-state index contributed by atoms with van der Waals surface area (Å²) in [6, 6.07) is 18.3. The highest BCUT2D eigenvalue weighted by atomic mass is 127. The molecule has 6 nitrogen and oxygen atoms in total. The SMILES string of the molecule is CCN1C(=O)/C(=C/c2cc(I)c(OCc3ccc(Br)cc3)c(I)c2)SC1=Nc1cccc(C(=O)O)c1. The van der Waals surface area contributed by atoms with Gasteiger partial charge in [-0.15, -0.1) is 0 Å². The Bertz CT molecular complexity index is 1370. The number of hydrogen-bond acceptors (Lipinski definition) is 5. The van der Waals surface area contributed by atoms with Crippen LogP contribution >= 0.6 is 72.9 Å². The summed E-state index contributed by atoms with van der Waals surface area (Å²) in [7, 11) is 0. The Morgan fingerprint density at radius 1 is 1.14 bits per heavy atom. The third-order valence-corrected chi connectivity index (χ3v) is 8.27. The number of thioether (sulfide) groups is 1. The van der Waals surface area contributed by atoms with E-state index in [1.165, 1.54) is 23.9 Å². The number of likely N-dealkylation sites (N-methyl/N-ethyl adjacent to an activating group) is 1. The van der Waals surface area contributed by atoms with E-state index in [4.69, 9.17) is 4.74 Å². The molecule has 0 aliphatic carbocycles. The van der Waals surface area contributed by atoms with Crippen LogP contribution in [0.3, 0.4) is 0 Å². The average molecular weight is 789 g/mol. The number of carboxylic acids is 1. The first kappa shape index (κ1) is 27.1. The molecule has 184 valence electrons. The van der Waals surface area contributed by atoms with Gasteiger partial charge >= 0.3 is 5.97 Å². The molecule has 36 heavy (non-hydrogen) atoms. The Labute approximate surface area is 248 Å². The topological polar surface area (TPSA) is 79.2 Å². The van der Waals surface area contributed by atoms with E-state index < -0.39 is 5.97 Å². The average Bonchev–Trinajstić information content (AvgIpc) is 3.13. The number of carbonyl (C=O) groups excluding carboxylic acids is 1. The van der Waals surface area contributed by atoms with Crippen molar-refractivity contribution in [1.82, 2.24) is 4.90 Å². The van der Waals surface area contributed by atoms with Crippen molar-refractivity contribution in [3.8, 4) is 5.75 Å². The van der Waals surface area contributed by atoms with Crippen molar-refractivity contribution in [1.29, 1.82) is 0 Å². The minimum Gasteiger partial charge on any atom is -0.487 e. The molecule has 3 aromatic carbocycles. The van der Waals surface area contributed by atoms with E-state index in [1.807, 2.05) is 49.4 Å². The summed E-state index contributed by atoms with van der Waals surface area (Å²) in [5.74, 6) is -0.341. The van der Waals surface area contributed by atoms with E-state index >= 15 is 0 Å². The fourth-order valence-electron chi connectivity index (χ4n) is 3.38. The number of amidine groups is 1. The number of carboxylic acid groups (broad SMARTS) is 1. The van der Waals surface area contributed by atoms with Crippen molar-refractivity contribution in [2.24, 2.45) is 4.99 Å². The van der Waals surface area contributed by atoms with Crippen LogP contribution in [0.1, 0.15) is 28.4 Å². The molecule has 3 aromatic rings. The second kappa shape index (κ2) is 12.1. The summed E-state index contributed by atoms with van der Waals surface area (Å²) < 4.78 is 9.01. The lowest BCUT2D eigenvalue weighted by molar-refractivity contribution is -0.122. The minimum atomic E-state index is -1.02. The predicted molar refractivity (Wildman–Crippen MR) is 164 cm³/mol. The number of rotatable bonds is 7. The number of ether oxygens (including phenoxy) is 1. The first-order valence-electron chi connectivity index (χ1n) is 10.7. The number of halogens is 3. The first-order chi connectivity index (χ1) is 17.2. The monoisotopic (exact) mass is 788 g/mol. The summed E-state index contributed by atoms with van der Waals surface area (Å²) in [6.07, 6.45) is 1.86. The van der Waals surface area contributed by atoms with Gasteiger partial charge in [0.1, 0.15) is 12.4 Å². The first-order valence-corrected chi connectivity index (χ1v) is 14.5. The van der Waals surface area contributed by atoms with Gasteiger partial charge in [-0.25, -0.2) is 9.79 Å². The predicted octanol–water partition coefficient (Wildman–Crippen LogP) is 7.56. The van der Waals surface area contributed by atoms with Crippen LogP contribution in [0, 0.1) is 7.14 Å². The van der Waals surface area contributed by atoms with Gasteiger partial charge in [0.15, 0.2) is 5.17 Å².